The molecule has 1 atom stereocenters. The Balaban J connectivity index is 1.50. The van der Waals surface area contributed by atoms with Gasteiger partial charge in [-0.25, -0.2) is 0 Å². The molecule has 0 N–H and O–H groups in total. The zero-order valence-corrected chi connectivity index (χ0v) is 19.4. The van der Waals surface area contributed by atoms with E-state index in [0.29, 0.717) is 23.7 Å². The molecule has 0 fully saturated rings. The largest absolute Gasteiger partial charge is 0.491 e. The van der Waals surface area contributed by atoms with Crippen LogP contribution >= 0.6 is 11.6 Å². The first kappa shape index (κ1) is 22.2. The number of hydrogen-bond donors (Lipinski definition) is 0. The molecule has 0 bridgehead atoms. The number of hydrogen-bond acceptors (Lipinski definition) is 3. The van der Waals surface area contributed by atoms with Crippen molar-refractivity contribution in [1.29, 1.82) is 0 Å². The van der Waals surface area contributed by atoms with Crippen LogP contribution in [0.25, 0.3) is 0 Å². The molecule has 0 aliphatic carbocycles. The highest BCUT2D eigenvalue weighted by Crippen LogP contribution is 2.27. The lowest BCUT2D eigenvalue weighted by Gasteiger charge is -2.37. The summed E-state index contributed by atoms with van der Waals surface area (Å²) in [7, 11) is 0. The van der Waals surface area contributed by atoms with E-state index in [1.54, 1.807) is 24.3 Å². The lowest BCUT2D eigenvalue weighted by Crippen LogP contribution is -2.47. The van der Waals surface area contributed by atoms with Gasteiger partial charge in [-0.3, -0.25) is 4.79 Å². The highest BCUT2D eigenvalue weighted by atomic mass is 35.5. The maximum absolute atomic E-state index is 13.3. The lowest BCUT2D eigenvalue weighted by molar-refractivity contribution is 0.0566. The van der Waals surface area contributed by atoms with Crippen molar-refractivity contribution in [2.45, 2.75) is 45.4 Å². The SMILES string of the molecule is CC(C)(C)Oc1ccc(OC[C@@H]2Cc3ccccc3CN2C(=O)c2ccc(Cl)cc2)cc1. The monoisotopic (exact) mass is 449 g/mol. The molecule has 4 rings (SSSR count). The summed E-state index contributed by atoms with van der Waals surface area (Å²) in [6, 6.07) is 22.9. The first-order chi connectivity index (χ1) is 15.3. The number of ether oxygens (including phenoxy) is 2. The quantitative estimate of drug-likeness (QED) is 0.468. The molecule has 32 heavy (non-hydrogen) atoms. The van der Waals surface area contributed by atoms with Gasteiger partial charge in [-0.15, -0.1) is 0 Å². The zero-order valence-electron chi connectivity index (χ0n) is 18.7. The van der Waals surface area contributed by atoms with E-state index in [9.17, 15) is 4.79 Å². The van der Waals surface area contributed by atoms with Crippen molar-refractivity contribution in [2.75, 3.05) is 6.61 Å². The molecule has 5 heteroatoms. The van der Waals surface area contributed by atoms with E-state index in [0.717, 1.165) is 17.9 Å². The van der Waals surface area contributed by atoms with Gasteiger partial charge in [0.25, 0.3) is 5.91 Å². The summed E-state index contributed by atoms with van der Waals surface area (Å²) in [6.07, 6.45) is 0.751. The van der Waals surface area contributed by atoms with Crippen LogP contribution in [0.3, 0.4) is 0 Å². The number of carbonyl (C=O) groups excluding carboxylic acids is 1. The van der Waals surface area contributed by atoms with Gasteiger partial charge in [-0.1, -0.05) is 35.9 Å². The van der Waals surface area contributed by atoms with E-state index in [4.69, 9.17) is 21.1 Å². The first-order valence-electron chi connectivity index (χ1n) is 10.8. The van der Waals surface area contributed by atoms with Gasteiger partial charge in [0.1, 0.15) is 23.7 Å². The van der Waals surface area contributed by atoms with E-state index in [1.807, 2.05) is 62.1 Å². The standard InChI is InChI=1S/C27H28ClNO3/c1-27(2,3)32-25-14-12-24(13-15-25)31-18-23-16-20-6-4-5-7-21(20)17-29(23)26(30)19-8-10-22(28)11-9-19/h4-15,23H,16-18H2,1-3H3/t23-/m0/s1. The molecule has 0 saturated heterocycles. The van der Waals surface area contributed by atoms with Crippen molar-refractivity contribution in [3.05, 3.63) is 94.5 Å². The molecule has 0 aromatic heterocycles. The summed E-state index contributed by atoms with van der Waals surface area (Å²) >= 11 is 6.01. The summed E-state index contributed by atoms with van der Waals surface area (Å²) in [4.78, 5) is 15.2. The van der Waals surface area contributed by atoms with Crippen LogP contribution in [0.4, 0.5) is 0 Å². The Bertz CT molecular complexity index is 1070. The van der Waals surface area contributed by atoms with Gasteiger partial charge in [0.05, 0.1) is 6.04 Å². The normalized spacial score (nSPS) is 15.8. The number of carbonyl (C=O) groups is 1. The fraction of sp³-hybridized carbons (Fsp3) is 0.296. The molecular formula is C27H28ClNO3. The highest BCUT2D eigenvalue weighted by molar-refractivity contribution is 6.30. The van der Waals surface area contributed by atoms with Crippen molar-refractivity contribution < 1.29 is 14.3 Å². The molecule has 1 heterocycles. The molecule has 3 aromatic rings. The van der Waals surface area contributed by atoms with Crippen LogP contribution in [0, 0.1) is 0 Å². The maximum atomic E-state index is 13.3. The molecule has 3 aromatic carbocycles. The van der Waals surface area contributed by atoms with Gasteiger partial charge in [0.15, 0.2) is 0 Å². The zero-order chi connectivity index (χ0) is 22.7. The van der Waals surface area contributed by atoms with E-state index >= 15 is 0 Å². The summed E-state index contributed by atoms with van der Waals surface area (Å²) < 4.78 is 12.0. The summed E-state index contributed by atoms with van der Waals surface area (Å²) in [6.45, 7) is 7.02. The van der Waals surface area contributed by atoms with E-state index in [1.165, 1.54) is 11.1 Å². The van der Waals surface area contributed by atoms with E-state index < -0.39 is 0 Å². The molecule has 1 amide bonds. The number of nitrogens with zero attached hydrogens (tertiary/aromatic N) is 1. The Hall–Kier alpha value is -2.98. The summed E-state index contributed by atoms with van der Waals surface area (Å²) in [5.41, 5.74) is 2.81. The van der Waals surface area contributed by atoms with E-state index in [-0.39, 0.29) is 17.6 Å². The van der Waals surface area contributed by atoms with Crippen LogP contribution < -0.4 is 9.47 Å². The van der Waals surface area contributed by atoms with Crippen molar-refractivity contribution in [3.63, 3.8) is 0 Å². The minimum atomic E-state index is -0.250. The number of fused-ring (bicyclic) bond motifs is 1. The van der Waals surface area contributed by atoms with Crippen molar-refractivity contribution in [3.8, 4) is 11.5 Å². The fourth-order valence-corrected chi connectivity index (χ4v) is 4.01. The van der Waals surface area contributed by atoms with Crippen LogP contribution in [0.1, 0.15) is 42.3 Å². The molecule has 1 aliphatic heterocycles. The van der Waals surface area contributed by atoms with Crippen LogP contribution in [0.15, 0.2) is 72.8 Å². The van der Waals surface area contributed by atoms with Gasteiger partial charge >= 0.3 is 0 Å². The number of halogens is 1. The fourth-order valence-electron chi connectivity index (χ4n) is 3.88. The van der Waals surface area contributed by atoms with Crippen molar-refractivity contribution >= 4 is 17.5 Å². The predicted molar refractivity (Wildman–Crippen MR) is 128 cm³/mol. The minimum absolute atomic E-state index is 0.0151. The molecule has 4 nitrogen and oxygen atoms in total. The average molecular weight is 450 g/mol. The van der Waals surface area contributed by atoms with Crippen LogP contribution in [0.2, 0.25) is 5.02 Å². The topological polar surface area (TPSA) is 38.8 Å². The van der Waals surface area contributed by atoms with Crippen molar-refractivity contribution in [1.82, 2.24) is 4.90 Å². The lowest BCUT2D eigenvalue weighted by atomic mass is 9.93. The third-order valence-electron chi connectivity index (χ3n) is 5.40. The molecule has 0 saturated carbocycles. The maximum Gasteiger partial charge on any atom is 0.254 e. The van der Waals surface area contributed by atoms with Crippen LogP contribution in [-0.4, -0.2) is 29.1 Å². The van der Waals surface area contributed by atoms with Crippen LogP contribution in [-0.2, 0) is 13.0 Å². The molecule has 0 unspecified atom stereocenters. The van der Waals surface area contributed by atoms with Gasteiger partial charge in [0.2, 0.25) is 0 Å². The summed E-state index contributed by atoms with van der Waals surface area (Å²) in [5.74, 6) is 1.54. The molecule has 0 radical (unpaired) electrons. The van der Waals surface area contributed by atoms with Gasteiger partial charge in [-0.2, -0.15) is 0 Å². The van der Waals surface area contributed by atoms with Gasteiger partial charge in [0, 0.05) is 17.1 Å². The third kappa shape index (κ3) is 5.43. The molecular weight excluding hydrogens is 422 g/mol. The molecule has 166 valence electrons. The second-order valence-electron chi connectivity index (χ2n) is 9.06. The Morgan fingerprint density at radius 3 is 2.22 bits per heavy atom. The second kappa shape index (κ2) is 9.25. The minimum Gasteiger partial charge on any atom is -0.491 e. The van der Waals surface area contributed by atoms with Gasteiger partial charge in [-0.05, 0) is 86.8 Å². The highest BCUT2D eigenvalue weighted by Gasteiger charge is 2.31. The molecule has 0 spiro atoms. The van der Waals surface area contributed by atoms with Crippen LogP contribution in [0.5, 0.6) is 11.5 Å². The second-order valence-corrected chi connectivity index (χ2v) is 9.50. The van der Waals surface area contributed by atoms with Crippen molar-refractivity contribution in [2.24, 2.45) is 0 Å². The molecule has 1 aliphatic rings. The Morgan fingerprint density at radius 1 is 0.938 bits per heavy atom. The van der Waals surface area contributed by atoms with E-state index in [2.05, 4.69) is 12.1 Å². The first-order valence-corrected chi connectivity index (χ1v) is 11.2. The Labute approximate surface area is 194 Å². The smallest absolute Gasteiger partial charge is 0.254 e. The Morgan fingerprint density at radius 2 is 1.56 bits per heavy atom. The number of amides is 1. The number of rotatable bonds is 5. The third-order valence-corrected chi connectivity index (χ3v) is 5.65. The van der Waals surface area contributed by atoms with Gasteiger partial charge < -0.3 is 14.4 Å². The average Bonchev–Trinajstić information content (AvgIpc) is 2.77. The Kier molecular flexibility index (Phi) is 6.43. The number of benzene rings is 3. The predicted octanol–water partition coefficient (Wildman–Crippen LogP) is 6.16. The summed E-state index contributed by atoms with van der Waals surface area (Å²) in [5, 5.41) is 0.615.